The number of benzene rings is 1. The molecule has 0 fully saturated rings. The fourth-order valence-electron chi connectivity index (χ4n) is 1.72. The summed E-state index contributed by atoms with van der Waals surface area (Å²) in [7, 11) is 0. The van der Waals surface area contributed by atoms with Gasteiger partial charge in [0.05, 0.1) is 6.20 Å². The van der Waals surface area contributed by atoms with Crippen molar-refractivity contribution in [3.05, 3.63) is 53.3 Å². The van der Waals surface area contributed by atoms with Crippen LogP contribution < -0.4 is 4.74 Å². The summed E-state index contributed by atoms with van der Waals surface area (Å²) < 4.78 is 5.76. The molecule has 3 heteroatoms. The molecule has 1 aromatic heterocycles. The van der Waals surface area contributed by atoms with Crippen molar-refractivity contribution in [2.75, 3.05) is 0 Å². The van der Waals surface area contributed by atoms with Crippen LogP contribution in [0, 0.1) is 13.8 Å². The van der Waals surface area contributed by atoms with Crippen LogP contribution in [0.25, 0.3) is 0 Å². The predicted octanol–water partition coefficient (Wildman–Crippen LogP) is 4.23. The first kappa shape index (κ1) is 11.9. The Hall–Kier alpha value is -1.54. The number of aromatic nitrogens is 1. The van der Waals surface area contributed by atoms with Crippen LogP contribution in [-0.2, 0) is 5.88 Å². The SMILES string of the molecule is Cc1cc(C)cc(Oc2cncc(CCl)c2)c1. The highest BCUT2D eigenvalue weighted by atomic mass is 35.5. The Bertz CT molecular complexity index is 505. The van der Waals surface area contributed by atoms with E-state index in [9.17, 15) is 0 Å². The summed E-state index contributed by atoms with van der Waals surface area (Å²) in [5.41, 5.74) is 3.32. The van der Waals surface area contributed by atoms with Gasteiger partial charge in [0.25, 0.3) is 0 Å². The molecule has 2 nitrogen and oxygen atoms in total. The highest BCUT2D eigenvalue weighted by Gasteiger charge is 2.01. The second-order valence-electron chi connectivity index (χ2n) is 4.09. The molecular formula is C14H14ClNO. The Kier molecular flexibility index (Phi) is 3.64. The van der Waals surface area contributed by atoms with E-state index in [-0.39, 0.29) is 0 Å². The molecule has 1 aromatic carbocycles. The van der Waals surface area contributed by atoms with Gasteiger partial charge in [-0.05, 0) is 48.7 Å². The predicted molar refractivity (Wildman–Crippen MR) is 69.8 cm³/mol. The molecule has 17 heavy (non-hydrogen) atoms. The summed E-state index contributed by atoms with van der Waals surface area (Å²) in [6, 6.07) is 8.01. The molecule has 0 spiro atoms. The van der Waals surface area contributed by atoms with E-state index in [0.29, 0.717) is 11.6 Å². The van der Waals surface area contributed by atoms with E-state index in [0.717, 1.165) is 11.3 Å². The topological polar surface area (TPSA) is 22.1 Å². The number of hydrogen-bond acceptors (Lipinski definition) is 2. The molecular weight excluding hydrogens is 234 g/mol. The lowest BCUT2D eigenvalue weighted by molar-refractivity contribution is 0.479. The number of aryl methyl sites for hydroxylation is 2. The van der Waals surface area contributed by atoms with E-state index in [4.69, 9.17) is 16.3 Å². The third kappa shape index (κ3) is 3.21. The Morgan fingerprint density at radius 1 is 1.00 bits per heavy atom. The minimum atomic E-state index is 0.442. The third-order valence-electron chi connectivity index (χ3n) is 2.35. The molecule has 0 aliphatic heterocycles. The minimum absolute atomic E-state index is 0.442. The fourth-order valence-corrected chi connectivity index (χ4v) is 1.87. The van der Waals surface area contributed by atoms with Crippen molar-refractivity contribution < 1.29 is 4.74 Å². The van der Waals surface area contributed by atoms with E-state index < -0.39 is 0 Å². The third-order valence-corrected chi connectivity index (χ3v) is 2.66. The van der Waals surface area contributed by atoms with Gasteiger partial charge in [0.2, 0.25) is 0 Å². The minimum Gasteiger partial charge on any atom is -0.456 e. The van der Waals surface area contributed by atoms with E-state index in [1.807, 2.05) is 32.0 Å². The van der Waals surface area contributed by atoms with Crippen LogP contribution in [0.15, 0.2) is 36.7 Å². The summed E-state index contributed by atoms with van der Waals surface area (Å²) in [6.45, 7) is 4.10. The van der Waals surface area contributed by atoms with Crippen LogP contribution in [0.5, 0.6) is 11.5 Å². The lowest BCUT2D eigenvalue weighted by Crippen LogP contribution is -1.89. The van der Waals surface area contributed by atoms with Crippen LogP contribution in [0.3, 0.4) is 0 Å². The van der Waals surface area contributed by atoms with Crippen LogP contribution >= 0.6 is 11.6 Å². The second-order valence-corrected chi connectivity index (χ2v) is 4.36. The highest BCUT2D eigenvalue weighted by Crippen LogP contribution is 2.24. The molecule has 0 aliphatic rings. The number of pyridine rings is 1. The first-order chi connectivity index (χ1) is 8.17. The maximum atomic E-state index is 5.76. The number of alkyl halides is 1. The average molecular weight is 248 g/mol. The zero-order valence-electron chi connectivity index (χ0n) is 9.90. The zero-order valence-corrected chi connectivity index (χ0v) is 10.7. The molecule has 2 aromatic rings. The largest absolute Gasteiger partial charge is 0.456 e. The molecule has 0 amide bonds. The standard InChI is InChI=1S/C14H14ClNO/c1-10-3-11(2)5-13(4-10)17-14-6-12(7-15)8-16-9-14/h3-6,8-9H,7H2,1-2H3. The van der Waals surface area contributed by atoms with E-state index >= 15 is 0 Å². The number of nitrogens with zero attached hydrogens (tertiary/aromatic N) is 1. The van der Waals surface area contributed by atoms with Crippen molar-refractivity contribution in [3.63, 3.8) is 0 Å². The van der Waals surface area contributed by atoms with Crippen molar-refractivity contribution in [3.8, 4) is 11.5 Å². The van der Waals surface area contributed by atoms with E-state index in [1.54, 1.807) is 12.4 Å². The molecule has 0 aliphatic carbocycles. The molecule has 0 radical (unpaired) electrons. The Morgan fingerprint density at radius 3 is 2.35 bits per heavy atom. The molecule has 1 heterocycles. The smallest absolute Gasteiger partial charge is 0.146 e. The summed E-state index contributed by atoms with van der Waals surface area (Å²) in [6.07, 6.45) is 3.43. The Balaban J connectivity index is 2.24. The molecule has 0 saturated heterocycles. The van der Waals surface area contributed by atoms with Gasteiger partial charge in [-0.15, -0.1) is 11.6 Å². The van der Waals surface area contributed by atoms with Crippen molar-refractivity contribution in [2.24, 2.45) is 0 Å². The molecule has 0 unspecified atom stereocenters. The quantitative estimate of drug-likeness (QED) is 0.758. The van der Waals surface area contributed by atoms with E-state index in [2.05, 4.69) is 11.1 Å². The summed E-state index contributed by atoms with van der Waals surface area (Å²) >= 11 is 5.76. The van der Waals surface area contributed by atoms with Crippen molar-refractivity contribution in [2.45, 2.75) is 19.7 Å². The van der Waals surface area contributed by atoms with Crippen molar-refractivity contribution in [1.82, 2.24) is 4.98 Å². The maximum Gasteiger partial charge on any atom is 0.146 e. The summed E-state index contributed by atoms with van der Waals surface area (Å²) in [5.74, 6) is 1.99. The number of rotatable bonds is 3. The van der Waals surface area contributed by atoms with Crippen LogP contribution in [0.2, 0.25) is 0 Å². The fraction of sp³-hybridized carbons (Fsp3) is 0.214. The number of hydrogen-bond donors (Lipinski definition) is 0. The number of ether oxygens (including phenoxy) is 1. The maximum absolute atomic E-state index is 5.76. The van der Waals surface area contributed by atoms with Gasteiger partial charge < -0.3 is 4.74 Å². The van der Waals surface area contributed by atoms with Gasteiger partial charge in [-0.1, -0.05) is 6.07 Å². The van der Waals surface area contributed by atoms with Crippen molar-refractivity contribution >= 4 is 11.6 Å². The van der Waals surface area contributed by atoms with Gasteiger partial charge in [0.15, 0.2) is 0 Å². The van der Waals surface area contributed by atoms with Crippen LogP contribution in [0.4, 0.5) is 0 Å². The molecule has 0 saturated carbocycles. The summed E-state index contributed by atoms with van der Waals surface area (Å²) in [5, 5.41) is 0. The Morgan fingerprint density at radius 2 is 1.71 bits per heavy atom. The summed E-state index contributed by atoms with van der Waals surface area (Å²) in [4.78, 5) is 4.09. The molecule has 0 N–H and O–H groups in total. The highest BCUT2D eigenvalue weighted by molar-refractivity contribution is 6.17. The normalized spacial score (nSPS) is 10.3. The molecule has 2 rings (SSSR count). The van der Waals surface area contributed by atoms with Gasteiger partial charge in [-0.2, -0.15) is 0 Å². The van der Waals surface area contributed by atoms with E-state index in [1.165, 1.54) is 11.1 Å². The first-order valence-corrected chi connectivity index (χ1v) is 5.97. The van der Waals surface area contributed by atoms with Crippen LogP contribution in [0.1, 0.15) is 16.7 Å². The zero-order chi connectivity index (χ0) is 12.3. The van der Waals surface area contributed by atoms with Gasteiger partial charge in [-0.25, -0.2) is 0 Å². The van der Waals surface area contributed by atoms with Gasteiger partial charge in [-0.3, -0.25) is 4.98 Å². The second kappa shape index (κ2) is 5.19. The van der Waals surface area contributed by atoms with Gasteiger partial charge in [0, 0.05) is 12.1 Å². The monoisotopic (exact) mass is 247 g/mol. The molecule has 0 bridgehead atoms. The Labute approximate surface area is 106 Å². The number of halogens is 1. The van der Waals surface area contributed by atoms with Gasteiger partial charge >= 0.3 is 0 Å². The molecule has 0 atom stereocenters. The lowest BCUT2D eigenvalue weighted by Gasteiger charge is -2.08. The first-order valence-electron chi connectivity index (χ1n) is 5.43. The van der Waals surface area contributed by atoms with Crippen LogP contribution in [-0.4, -0.2) is 4.98 Å². The average Bonchev–Trinajstić information content (AvgIpc) is 2.28. The van der Waals surface area contributed by atoms with Crippen molar-refractivity contribution in [1.29, 1.82) is 0 Å². The molecule has 88 valence electrons. The van der Waals surface area contributed by atoms with Gasteiger partial charge in [0.1, 0.15) is 11.5 Å². The lowest BCUT2D eigenvalue weighted by atomic mass is 10.1.